The lowest BCUT2D eigenvalue weighted by Gasteiger charge is -2.19. The number of hydrogen-bond donors (Lipinski definition) is 0. The molecule has 0 unspecified atom stereocenters. The first-order valence-corrected chi connectivity index (χ1v) is 22.2. The molecule has 0 spiro atoms. The van der Waals surface area contributed by atoms with Crippen LogP contribution in [0.15, 0.2) is 176 Å². The molecule has 0 radical (unpaired) electrons. The molecule has 0 N–H and O–H groups in total. The Morgan fingerprint density at radius 2 is 1.08 bits per heavy atom. The van der Waals surface area contributed by atoms with E-state index < -0.39 is 0 Å². The van der Waals surface area contributed by atoms with Crippen LogP contribution in [0, 0.1) is 16.7 Å². The predicted molar refractivity (Wildman–Crippen MR) is 270 cm³/mol. The third-order valence-electron chi connectivity index (χ3n) is 11.9. The fourth-order valence-electron chi connectivity index (χ4n) is 7.90. The van der Waals surface area contributed by atoms with Gasteiger partial charge in [-0.05, 0) is 71.4 Å². The van der Waals surface area contributed by atoms with Gasteiger partial charge in [-0.15, -0.1) is 0 Å². The van der Waals surface area contributed by atoms with Crippen LogP contribution in [0.4, 0.5) is 0 Å². The van der Waals surface area contributed by atoms with Gasteiger partial charge in [0.1, 0.15) is 0 Å². The SMILES string of the molecule is C=C(/C=C\C(=C/C)c1nc(-c2ccc(C(C)(C)C)cc2)nc(-c2ccc3c(c2)c2ccccc2n3-c2ccc(C#N)cc2-c2nc(-c3ccccc3)nc(-c3ccccc3)n2)n1)C(C)(C)C. The molecular formula is C58H50N8. The van der Waals surface area contributed by atoms with Crippen LogP contribution in [0.2, 0.25) is 0 Å². The molecule has 0 aliphatic rings. The van der Waals surface area contributed by atoms with Gasteiger partial charge < -0.3 is 4.57 Å². The van der Waals surface area contributed by atoms with Gasteiger partial charge in [-0.2, -0.15) is 5.26 Å². The molecule has 0 aliphatic carbocycles. The van der Waals surface area contributed by atoms with Crippen molar-refractivity contribution in [2.75, 3.05) is 0 Å². The highest BCUT2D eigenvalue weighted by molar-refractivity contribution is 6.11. The summed E-state index contributed by atoms with van der Waals surface area (Å²) in [6.07, 6.45) is 6.13. The van der Waals surface area contributed by atoms with Crippen molar-refractivity contribution >= 4 is 27.4 Å². The summed E-state index contributed by atoms with van der Waals surface area (Å²) in [5, 5.41) is 12.3. The standard InChI is InChI=1S/C58H50N8/c1-9-39(26-24-37(2)57(3,4)5)51-60-54(42-27-30-44(31-28-42)58(6,7)8)63-55(61-51)43-29-33-49-46(35-43)45-22-16-17-23-48(45)66(49)50-32-25-38(36-59)34-47(50)56-64-52(40-18-12-10-13-19-40)62-53(65-56)41-20-14-11-15-21-41/h9-35H,2H2,1,3-8H3/b26-24-,39-9+. The number of rotatable bonds is 9. The van der Waals surface area contributed by atoms with E-state index in [1.165, 1.54) is 5.56 Å². The maximum Gasteiger partial charge on any atom is 0.166 e. The van der Waals surface area contributed by atoms with Crippen LogP contribution in [0.5, 0.6) is 0 Å². The van der Waals surface area contributed by atoms with Crippen LogP contribution in [-0.4, -0.2) is 34.5 Å². The average molecular weight is 859 g/mol. The number of nitriles is 1. The van der Waals surface area contributed by atoms with E-state index in [0.29, 0.717) is 46.1 Å². The number of allylic oxidation sites excluding steroid dienone is 5. The molecular weight excluding hydrogens is 809 g/mol. The van der Waals surface area contributed by atoms with Gasteiger partial charge in [0.25, 0.3) is 0 Å². The van der Waals surface area contributed by atoms with E-state index >= 15 is 0 Å². The minimum Gasteiger partial charge on any atom is -0.308 e. The molecule has 6 aromatic carbocycles. The molecule has 0 atom stereocenters. The summed E-state index contributed by atoms with van der Waals surface area (Å²) in [5.74, 6) is 3.25. The second kappa shape index (κ2) is 17.4. The summed E-state index contributed by atoms with van der Waals surface area (Å²) in [6.45, 7) is 19.4. The second-order valence-corrected chi connectivity index (χ2v) is 18.5. The monoisotopic (exact) mass is 858 g/mol. The maximum atomic E-state index is 10.2. The van der Waals surface area contributed by atoms with Crippen LogP contribution < -0.4 is 0 Å². The molecule has 0 saturated heterocycles. The van der Waals surface area contributed by atoms with Gasteiger partial charge >= 0.3 is 0 Å². The molecule has 3 aromatic heterocycles. The fraction of sp³-hybridized carbons (Fsp3) is 0.155. The van der Waals surface area contributed by atoms with Gasteiger partial charge in [0, 0.05) is 44.2 Å². The summed E-state index contributed by atoms with van der Waals surface area (Å²) in [6, 6.07) is 51.1. The Morgan fingerprint density at radius 3 is 1.67 bits per heavy atom. The van der Waals surface area contributed by atoms with Gasteiger partial charge in [-0.1, -0.05) is 169 Å². The van der Waals surface area contributed by atoms with E-state index in [2.05, 4.69) is 125 Å². The first-order valence-electron chi connectivity index (χ1n) is 22.2. The van der Waals surface area contributed by atoms with E-state index in [-0.39, 0.29) is 10.8 Å². The van der Waals surface area contributed by atoms with Gasteiger partial charge in [-0.25, -0.2) is 29.9 Å². The zero-order valence-electron chi connectivity index (χ0n) is 38.4. The Balaban J connectivity index is 1.23. The highest BCUT2D eigenvalue weighted by Crippen LogP contribution is 2.39. The molecule has 322 valence electrons. The number of hydrogen-bond acceptors (Lipinski definition) is 7. The van der Waals surface area contributed by atoms with E-state index in [9.17, 15) is 5.26 Å². The minimum absolute atomic E-state index is 0.000956. The number of para-hydroxylation sites is 1. The Kier molecular flexibility index (Phi) is 11.4. The summed E-state index contributed by atoms with van der Waals surface area (Å²) in [7, 11) is 0. The summed E-state index contributed by atoms with van der Waals surface area (Å²) in [5.41, 5.74) is 10.4. The lowest BCUT2D eigenvalue weighted by atomic mass is 9.86. The summed E-state index contributed by atoms with van der Waals surface area (Å²) < 4.78 is 2.23. The average Bonchev–Trinajstić information content (AvgIpc) is 3.67. The second-order valence-electron chi connectivity index (χ2n) is 18.5. The van der Waals surface area contributed by atoms with Crippen molar-refractivity contribution in [1.29, 1.82) is 5.26 Å². The number of aromatic nitrogens is 7. The van der Waals surface area contributed by atoms with E-state index in [4.69, 9.17) is 29.9 Å². The van der Waals surface area contributed by atoms with Crippen molar-refractivity contribution in [3.8, 4) is 68.7 Å². The number of fused-ring (bicyclic) bond motifs is 3. The van der Waals surface area contributed by atoms with Crippen molar-refractivity contribution in [2.24, 2.45) is 5.41 Å². The Labute approximate surface area is 386 Å². The van der Waals surface area contributed by atoms with Crippen molar-refractivity contribution in [1.82, 2.24) is 34.5 Å². The van der Waals surface area contributed by atoms with Crippen LogP contribution in [0.3, 0.4) is 0 Å². The Bertz CT molecular complexity index is 3340. The first kappa shape index (κ1) is 43.1. The van der Waals surface area contributed by atoms with Gasteiger partial charge in [0.15, 0.2) is 34.9 Å². The molecule has 0 fully saturated rings. The molecule has 8 heteroatoms. The zero-order chi connectivity index (χ0) is 46.2. The molecule has 0 aliphatic heterocycles. The van der Waals surface area contributed by atoms with E-state index in [1.54, 1.807) is 0 Å². The molecule has 0 amide bonds. The normalized spacial score (nSPS) is 12.2. The van der Waals surface area contributed by atoms with Crippen LogP contribution in [-0.2, 0) is 5.41 Å². The predicted octanol–water partition coefficient (Wildman–Crippen LogP) is 14.2. The highest BCUT2D eigenvalue weighted by Gasteiger charge is 2.22. The third kappa shape index (κ3) is 8.59. The molecule has 9 rings (SSSR count). The smallest absolute Gasteiger partial charge is 0.166 e. The van der Waals surface area contributed by atoms with E-state index in [1.807, 2.05) is 104 Å². The lowest BCUT2D eigenvalue weighted by molar-refractivity contribution is 0.519. The number of benzene rings is 6. The van der Waals surface area contributed by atoms with Gasteiger partial charge in [0.2, 0.25) is 0 Å². The highest BCUT2D eigenvalue weighted by atomic mass is 15.1. The van der Waals surface area contributed by atoms with Gasteiger partial charge in [0.05, 0.1) is 28.4 Å². The fourth-order valence-corrected chi connectivity index (χ4v) is 7.90. The van der Waals surface area contributed by atoms with Crippen molar-refractivity contribution in [3.63, 3.8) is 0 Å². The van der Waals surface area contributed by atoms with Crippen molar-refractivity contribution in [3.05, 3.63) is 193 Å². The zero-order valence-corrected chi connectivity index (χ0v) is 38.4. The molecule has 8 nitrogen and oxygen atoms in total. The van der Waals surface area contributed by atoms with Crippen molar-refractivity contribution in [2.45, 2.75) is 53.9 Å². The number of nitrogens with zero attached hydrogens (tertiary/aromatic N) is 8. The molecule has 3 heterocycles. The van der Waals surface area contributed by atoms with Gasteiger partial charge in [-0.3, -0.25) is 0 Å². The third-order valence-corrected chi connectivity index (χ3v) is 11.9. The minimum atomic E-state index is -0.0891. The lowest BCUT2D eigenvalue weighted by Crippen LogP contribution is -2.10. The Morgan fingerprint density at radius 1 is 0.545 bits per heavy atom. The summed E-state index contributed by atoms with van der Waals surface area (Å²) >= 11 is 0. The summed E-state index contributed by atoms with van der Waals surface area (Å²) in [4.78, 5) is 30.5. The quantitative estimate of drug-likeness (QED) is 0.133. The largest absolute Gasteiger partial charge is 0.308 e. The van der Waals surface area contributed by atoms with Crippen LogP contribution in [0.1, 0.15) is 65.4 Å². The topological polar surface area (TPSA) is 106 Å². The van der Waals surface area contributed by atoms with E-state index in [0.717, 1.165) is 60.9 Å². The van der Waals surface area contributed by atoms with Crippen LogP contribution in [0.25, 0.3) is 90.0 Å². The first-order chi connectivity index (χ1) is 31.8. The maximum absolute atomic E-state index is 10.2. The Hall–Kier alpha value is -8.15. The molecule has 0 bridgehead atoms. The molecule has 0 saturated carbocycles. The molecule has 9 aromatic rings. The molecule has 66 heavy (non-hydrogen) atoms. The van der Waals surface area contributed by atoms with Crippen molar-refractivity contribution < 1.29 is 0 Å². The van der Waals surface area contributed by atoms with Crippen LogP contribution >= 0.6 is 0 Å².